The normalized spacial score (nSPS) is 14.7. The number of benzene rings is 3. The molecular formula is C25H26N4O3S. The number of carbonyl (C=O) groups is 1. The number of hydrogen-bond donors (Lipinski definition) is 1. The number of urea groups is 1. The van der Waals surface area contributed by atoms with Crippen molar-refractivity contribution < 1.29 is 13.2 Å². The minimum Gasteiger partial charge on any atom is -0.323 e. The van der Waals surface area contributed by atoms with Gasteiger partial charge in [-0.3, -0.25) is 0 Å². The monoisotopic (exact) mass is 462 g/mol. The average molecular weight is 463 g/mol. The Hall–Kier alpha value is -3.41. The van der Waals surface area contributed by atoms with Crippen molar-refractivity contribution in [2.75, 3.05) is 13.1 Å². The molecule has 0 atom stereocenters. The molecule has 1 heterocycles. The second kappa shape index (κ2) is 9.61. The highest BCUT2D eigenvalue weighted by atomic mass is 32.2. The second-order valence-corrected chi connectivity index (χ2v) is 10.1. The van der Waals surface area contributed by atoms with Gasteiger partial charge >= 0.3 is 6.03 Å². The SMILES string of the molecule is CC1CCN(C(=O)N(Cc2cccc(C#N)c2)NS(=O)(=O)c2ccc3ccccc3c2)CC1. The van der Waals surface area contributed by atoms with Crippen molar-refractivity contribution in [1.82, 2.24) is 14.7 Å². The molecule has 1 fully saturated rings. The zero-order chi connectivity index (χ0) is 23.4. The lowest BCUT2D eigenvalue weighted by Crippen LogP contribution is -2.53. The molecule has 3 aromatic carbocycles. The number of carbonyl (C=O) groups excluding carboxylic acids is 1. The van der Waals surface area contributed by atoms with Gasteiger partial charge in [0.1, 0.15) is 0 Å². The summed E-state index contributed by atoms with van der Waals surface area (Å²) in [5.41, 5.74) is 1.11. The molecule has 4 rings (SSSR count). The summed E-state index contributed by atoms with van der Waals surface area (Å²) in [6.07, 6.45) is 1.75. The number of nitriles is 1. The predicted molar refractivity (Wildman–Crippen MR) is 126 cm³/mol. The lowest BCUT2D eigenvalue weighted by molar-refractivity contribution is 0.124. The Morgan fingerprint density at radius 1 is 1.06 bits per heavy atom. The summed E-state index contributed by atoms with van der Waals surface area (Å²) in [7, 11) is -4.02. The molecule has 0 saturated carbocycles. The second-order valence-electron chi connectivity index (χ2n) is 8.45. The first-order chi connectivity index (χ1) is 15.9. The third kappa shape index (κ3) is 5.33. The molecule has 0 unspecified atom stereocenters. The van der Waals surface area contributed by atoms with Crippen LogP contribution in [-0.2, 0) is 16.6 Å². The van der Waals surface area contributed by atoms with E-state index < -0.39 is 16.1 Å². The van der Waals surface area contributed by atoms with Crippen LogP contribution in [0.4, 0.5) is 4.79 Å². The number of nitrogens with one attached hydrogen (secondary N) is 1. The Balaban J connectivity index is 1.63. The molecule has 0 spiro atoms. The topological polar surface area (TPSA) is 93.5 Å². The Kier molecular flexibility index (Phi) is 6.63. The molecule has 0 aliphatic carbocycles. The van der Waals surface area contributed by atoms with Crippen molar-refractivity contribution >= 4 is 26.8 Å². The third-order valence-electron chi connectivity index (χ3n) is 5.94. The maximum absolute atomic E-state index is 13.3. The molecular weight excluding hydrogens is 436 g/mol. The molecule has 8 heteroatoms. The van der Waals surface area contributed by atoms with Crippen molar-refractivity contribution in [2.45, 2.75) is 31.2 Å². The molecule has 1 aliphatic rings. The fraction of sp³-hybridized carbons (Fsp3) is 0.280. The van der Waals surface area contributed by atoms with E-state index in [4.69, 9.17) is 0 Å². The zero-order valence-corrected chi connectivity index (χ0v) is 19.3. The maximum atomic E-state index is 13.3. The van der Waals surface area contributed by atoms with E-state index >= 15 is 0 Å². The van der Waals surface area contributed by atoms with E-state index in [0.717, 1.165) is 28.6 Å². The third-order valence-corrected chi connectivity index (χ3v) is 7.28. The smallest absolute Gasteiger partial charge is 0.323 e. The van der Waals surface area contributed by atoms with Crippen molar-refractivity contribution in [1.29, 1.82) is 5.26 Å². The molecule has 1 N–H and O–H groups in total. The van der Waals surface area contributed by atoms with Crippen molar-refractivity contribution in [2.24, 2.45) is 5.92 Å². The predicted octanol–water partition coefficient (Wildman–Crippen LogP) is 4.26. The average Bonchev–Trinajstić information content (AvgIpc) is 2.83. The highest BCUT2D eigenvalue weighted by Crippen LogP contribution is 2.21. The number of sulfonamides is 1. The van der Waals surface area contributed by atoms with Crippen LogP contribution in [0.1, 0.15) is 30.9 Å². The van der Waals surface area contributed by atoms with Crippen molar-refractivity contribution in [3.05, 3.63) is 77.9 Å². The Morgan fingerprint density at radius 2 is 1.79 bits per heavy atom. The molecule has 0 radical (unpaired) electrons. The Labute approximate surface area is 194 Å². The van der Waals surface area contributed by atoms with Gasteiger partial charge in [0.05, 0.1) is 23.1 Å². The fourth-order valence-electron chi connectivity index (χ4n) is 3.96. The standard InChI is InChI=1S/C25H26N4O3S/c1-19-11-13-28(14-12-19)25(30)29(18-21-6-4-5-20(15-21)17-26)27-33(31,32)24-10-9-22-7-2-3-8-23(22)16-24/h2-10,15-16,19,27H,11-14,18H2,1H3. The number of piperidine rings is 1. The maximum Gasteiger partial charge on any atom is 0.335 e. The lowest BCUT2D eigenvalue weighted by Gasteiger charge is -2.34. The number of nitrogens with zero attached hydrogens (tertiary/aromatic N) is 3. The van der Waals surface area contributed by atoms with Crippen molar-refractivity contribution in [3.63, 3.8) is 0 Å². The number of hydrogen-bond acceptors (Lipinski definition) is 4. The van der Waals surface area contributed by atoms with Crippen LogP contribution in [0.2, 0.25) is 0 Å². The minimum atomic E-state index is -4.02. The van der Waals surface area contributed by atoms with Gasteiger partial charge in [-0.25, -0.2) is 18.2 Å². The number of fused-ring (bicyclic) bond motifs is 1. The van der Waals surface area contributed by atoms with E-state index in [2.05, 4.69) is 17.8 Å². The first-order valence-electron chi connectivity index (χ1n) is 10.9. The molecule has 0 aromatic heterocycles. The van der Waals surface area contributed by atoms with Gasteiger partial charge in [-0.2, -0.15) is 5.26 Å². The van der Waals surface area contributed by atoms with Crippen LogP contribution in [0.25, 0.3) is 10.8 Å². The number of amides is 2. The molecule has 1 saturated heterocycles. The van der Waals surface area contributed by atoms with Gasteiger partial charge in [0.15, 0.2) is 0 Å². The largest absolute Gasteiger partial charge is 0.335 e. The van der Waals surface area contributed by atoms with E-state index in [1.807, 2.05) is 24.3 Å². The highest BCUT2D eigenvalue weighted by molar-refractivity contribution is 7.89. The van der Waals surface area contributed by atoms with Crippen LogP contribution >= 0.6 is 0 Å². The zero-order valence-electron chi connectivity index (χ0n) is 18.4. The molecule has 33 heavy (non-hydrogen) atoms. The summed E-state index contributed by atoms with van der Waals surface area (Å²) in [4.78, 5) is 17.6. The fourth-order valence-corrected chi connectivity index (χ4v) is 5.03. The van der Waals surface area contributed by atoms with E-state index in [0.29, 0.717) is 30.1 Å². The van der Waals surface area contributed by atoms with E-state index in [1.165, 1.54) is 6.07 Å². The summed E-state index contributed by atoms with van der Waals surface area (Å²) in [5.74, 6) is 0.532. The lowest BCUT2D eigenvalue weighted by atomic mass is 10.00. The molecule has 170 valence electrons. The van der Waals surface area contributed by atoms with Gasteiger partial charge in [-0.05, 0) is 59.4 Å². The number of hydrazine groups is 1. The number of likely N-dealkylation sites (tertiary alicyclic amines) is 1. The van der Waals surface area contributed by atoms with Crippen LogP contribution < -0.4 is 4.83 Å². The Morgan fingerprint density at radius 3 is 2.52 bits per heavy atom. The molecule has 7 nitrogen and oxygen atoms in total. The van der Waals surface area contributed by atoms with Gasteiger partial charge in [0, 0.05) is 13.1 Å². The summed E-state index contributed by atoms with van der Waals surface area (Å²) in [6, 6.07) is 20.9. The van der Waals surface area contributed by atoms with Gasteiger partial charge in [0.2, 0.25) is 0 Å². The number of rotatable bonds is 5. The first kappa shape index (κ1) is 22.8. The molecule has 0 bridgehead atoms. The molecule has 2 amide bonds. The van der Waals surface area contributed by atoms with E-state index in [-0.39, 0.29) is 11.4 Å². The van der Waals surface area contributed by atoms with Crippen LogP contribution in [-0.4, -0.2) is 37.4 Å². The highest BCUT2D eigenvalue weighted by Gasteiger charge is 2.29. The first-order valence-corrected chi connectivity index (χ1v) is 12.4. The quantitative estimate of drug-likeness (QED) is 0.574. The van der Waals surface area contributed by atoms with Crippen LogP contribution in [0, 0.1) is 17.2 Å². The summed E-state index contributed by atoms with van der Waals surface area (Å²) >= 11 is 0. The van der Waals surface area contributed by atoms with Gasteiger partial charge < -0.3 is 4.90 Å². The van der Waals surface area contributed by atoms with E-state index in [1.54, 1.807) is 41.3 Å². The van der Waals surface area contributed by atoms with E-state index in [9.17, 15) is 18.5 Å². The van der Waals surface area contributed by atoms with Crippen LogP contribution in [0.3, 0.4) is 0 Å². The summed E-state index contributed by atoms with van der Waals surface area (Å²) in [6.45, 7) is 3.31. The summed E-state index contributed by atoms with van der Waals surface area (Å²) in [5, 5.41) is 12.1. The molecule has 3 aromatic rings. The minimum absolute atomic E-state index is 0.00716. The molecule has 1 aliphatic heterocycles. The van der Waals surface area contributed by atoms with Gasteiger partial charge in [-0.15, -0.1) is 4.83 Å². The Bertz CT molecular complexity index is 1310. The van der Waals surface area contributed by atoms with Gasteiger partial charge in [-0.1, -0.05) is 49.4 Å². The van der Waals surface area contributed by atoms with Crippen LogP contribution in [0.5, 0.6) is 0 Å². The summed E-state index contributed by atoms with van der Waals surface area (Å²) < 4.78 is 26.5. The van der Waals surface area contributed by atoms with Crippen molar-refractivity contribution in [3.8, 4) is 6.07 Å². The van der Waals surface area contributed by atoms with Gasteiger partial charge in [0.25, 0.3) is 10.0 Å². The van der Waals surface area contributed by atoms with Crippen LogP contribution in [0.15, 0.2) is 71.6 Å².